The van der Waals surface area contributed by atoms with Gasteiger partial charge in [0.15, 0.2) is 0 Å². The molecular formula is C9H14BrN3. The van der Waals surface area contributed by atoms with Crippen LogP contribution < -0.4 is 11.1 Å². The Kier molecular flexibility index (Phi) is 4.35. The van der Waals surface area contributed by atoms with E-state index in [0.717, 1.165) is 16.6 Å². The summed E-state index contributed by atoms with van der Waals surface area (Å²) in [7, 11) is 0. The zero-order valence-electron chi connectivity index (χ0n) is 7.63. The summed E-state index contributed by atoms with van der Waals surface area (Å²) in [5, 5.41) is 3.29. The SMILES string of the molecule is CCNC(CN)c1cncc(Br)c1. The van der Waals surface area contributed by atoms with E-state index in [9.17, 15) is 0 Å². The van der Waals surface area contributed by atoms with Crippen LogP contribution in [0.5, 0.6) is 0 Å². The molecule has 1 aromatic heterocycles. The Balaban J connectivity index is 2.78. The summed E-state index contributed by atoms with van der Waals surface area (Å²) < 4.78 is 0.987. The van der Waals surface area contributed by atoms with Gasteiger partial charge in [0.25, 0.3) is 0 Å². The van der Waals surface area contributed by atoms with Crippen molar-refractivity contribution in [3.05, 3.63) is 28.5 Å². The molecule has 72 valence electrons. The second kappa shape index (κ2) is 5.32. The number of hydrogen-bond donors (Lipinski definition) is 2. The van der Waals surface area contributed by atoms with Gasteiger partial charge in [0.1, 0.15) is 0 Å². The van der Waals surface area contributed by atoms with Crippen molar-refractivity contribution in [3.63, 3.8) is 0 Å². The Labute approximate surface area is 86.9 Å². The second-order valence-corrected chi connectivity index (χ2v) is 3.70. The third-order valence-corrected chi connectivity index (χ3v) is 2.25. The van der Waals surface area contributed by atoms with Gasteiger partial charge in [-0.05, 0) is 34.1 Å². The molecule has 0 aliphatic heterocycles. The summed E-state index contributed by atoms with van der Waals surface area (Å²) in [6.45, 7) is 3.56. The number of halogens is 1. The highest BCUT2D eigenvalue weighted by molar-refractivity contribution is 9.10. The van der Waals surface area contributed by atoms with Gasteiger partial charge in [0, 0.05) is 29.5 Å². The van der Waals surface area contributed by atoms with Crippen molar-refractivity contribution in [2.45, 2.75) is 13.0 Å². The van der Waals surface area contributed by atoms with Crippen LogP contribution in [-0.4, -0.2) is 18.1 Å². The maximum absolute atomic E-state index is 5.64. The van der Waals surface area contributed by atoms with Crippen molar-refractivity contribution < 1.29 is 0 Å². The van der Waals surface area contributed by atoms with Crippen molar-refractivity contribution in [1.29, 1.82) is 0 Å². The normalized spacial score (nSPS) is 12.8. The number of nitrogens with two attached hydrogens (primary N) is 1. The van der Waals surface area contributed by atoms with E-state index >= 15 is 0 Å². The number of pyridine rings is 1. The molecule has 1 unspecified atom stereocenters. The van der Waals surface area contributed by atoms with Gasteiger partial charge in [0.05, 0.1) is 0 Å². The Morgan fingerprint density at radius 2 is 2.38 bits per heavy atom. The third-order valence-electron chi connectivity index (χ3n) is 1.81. The van der Waals surface area contributed by atoms with E-state index in [1.54, 1.807) is 6.20 Å². The Bertz CT molecular complexity index is 265. The highest BCUT2D eigenvalue weighted by atomic mass is 79.9. The molecule has 1 heterocycles. The standard InChI is InChI=1S/C9H14BrN3/c1-2-13-9(4-11)7-3-8(10)6-12-5-7/h3,5-6,9,13H,2,4,11H2,1H3. The Morgan fingerprint density at radius 3 is 2.92 bits per heavy atom. The molecule has 0 radical (unpaired) electrons. The third kappa shape index (κ3) is 3.06. The summed E-state index contributed by atoms with van der Waals surface area (Å²) in [4.78, 5) is 4.09. The second-order valence-electron chi connectivity index (χ2n) is 2.78. The van der Waals surface area contributed by atoms with E-state index in [1.807, 2.05) is 12.3 Å². The van der Waals surface area contributed by atoms with Crippen LogP contribution in [0.1, 0.15) is 18.5 Å². The molecule has 0 saturated carbocycles. The van der Waals surface area contributed by atoms with Crippen LogP contribution in [0.3, 0.4) is 0 Å². The quantitative estimate of drug-likeness (QED) is 0.842. The van der Waals surface area contributed by atoms with Crippen molar-refractivity contribution >= 4 is 15.9 Å². The zero-order chi connectivity index (χ0) is 9.68. The molecule has 0 aliphatic carbocycles. The summed E-state index contributed by atoms with van der Waals surface area (Å²) in [5.74, 6) is 0. The lowest BCUT2D eigenvalue weighted by Crippen LogP contribution is -2.27. The number of likely N-dealkylation sites (N-methyl/N-ethyl adjacent to an activating group) is 1. The molecule has 0 fully saturated rings. The van der Waals surface area contributed by atoms with Gasteiger partial charge in [-0.3, -0.25) is 4.98 Å². The van der Waals surface area contributed by atoms with Crippen LogP contribution in [0.4, 0.5) is 0 Å². The van der Waals surface area contributed by atoms with Crippen molar-refractivity contribution in [1.82, 2.24) is 10.3 Å². The highest BCUT2D eigenvalue weighted by Gasteiger charge is 2.07. The minimum absolute atomic E-state index is 0.204. The minimum Gasteiger partial charge on any atom is -0.329 e. The predicted octanol–water partition coefficient (Wildman–Crippen LogP) is 1.45. The molecule has 1 aromatic rings. The number of nitrogens with zero attached hydrogens (tertiary/aromatic N) is 1. The van der Waals surface area contributed by atoms with Crippen LogP contribution in [-0.2, 0) is 0 Å². The van der Waals surface area contributed by atoms with Gasteiger partial charge < -0.3 is 11.1 Å². The van der Waals surface area contributed by atoms with E-state index in [-0.39, 0.29) is 6.04 Å². The fourth-order valence-corrected chi connectivity index (χ4v) is 1.59. The molecule has 3 nitrogen and oxygen atoms in total. The topological polar surface area (TPSA) is 50.9 Å². The first-order valence-electron chi connectivity index (χ1n) is 4.31. The summed E-state index contributed by atoms with van der Waals surface area (Å²) >= 11 is 3.38. The van der Waals surface area contributed by atoms with E-state index in [1.165, 1.54) is 0 Å². The average Bonchev–Trinajstić information content (AvgIpc) is 2.14. The van der Waals surface area contributed by atoms with Gasteiger partial charge >= 0.3 is 0 Å². The number of nitrogens with one attached hydrogen (secondary N) is 1. The minimum atomic E-state index is 0.204. The fraction of sp³-hybridized carbons (Fsp3) is 0.444. The van der Waals surface area contributed by atoms with Gasteiger partial charge in [-0.1, -0.05) is 6.92 Å². The summed E-state index contributed by atoms with van der Waals surface area (Å²) in [5.41, 5.74) is 6.76. The molecule has 1 rings (SSSR count). The molecule has 0 saturated heterocycles. The Morgan fingerprint density at radius 1 is 1.62 bits per heavy atom. The lowest BCUT2D eigenvalue weighted by Gasteiger charge is -2.15. The monoisotopic (exact) mass is 243 g/mol. The average molecular weight is 244 g/mol. The molecule has 0 aromatic carbocycles. The zero-order valence-corrected chi connectivity index (χ0v) is 9.21. The first-order chi connectivity index (χ1) is 6.27. The van der Waals surface area contributed by atoms with E-state index in [2.05, 4.69) is 33.2 Å². The molecule has 4 heteroatoms. The van der Waals surface area contributed by atoms with Gasteiger partial charge in [0.2, 0.25) is 0 Å². The molecule has 3 N–H and O–H groups in total. The number of aromatic nitrogens is 1. The smallest absolute Gasteiger partial charge is 0.0460 e. The highest BCUT2D eigenvalue weighted by Crippen LogP contribution is 2.15. The largest absolute Gasteiger partial charge is 0.329 e. The molecule has 0 bridgehead atoms. The molecule has 0 amide bonds. The van der Waals surface area contributed by atoms with E-state index < -0.39 is 0 Å². The lowest BCUT2D eigenvalue weighted by atomic mass is 10.1. The van der Waals surface area contributed by atoms with Crippen LogP contribution in [0.2, 0.25) is 0 Å². The van der Waals surface area contributed by atoms with Crippen molar-refractivity contribution in [3.8, 4) is 0 Å². The number of rotatable bonds is 4. The first kappa shape index (κ1) is 10.6. The fourth-order valence-electron chi connectivity index (χ4n) is 1.20. The maximum Gasteiger partial charge on any atom is 0.0460 e. The summed E-state index contributed by atoms with van der Waals surface area (Å²) in [6.07, 6.45) is 3.61. The molecule has 1 atom stereocenters. The van der Waals surface area contributed by atoms with Gasteiger partial charge in [-0.25, -0.2) is 0 Å². The number of hydrogen-bond acceptors (Lipinski definition) is 3. The van der Waals surface area contributed by atoms with Crippen LogP contribution in [0.15, 0.2) is 22.9 Å². The Hall–Kier alpha value is -0.450. The predicted molar refractivity (Wildman–Crippen MR) is 57.4 cm³/mol. The van der Waals surface area contributed by atoms with Gasteiger partial charge in [-0.15, -0.1) is 0 Å². The molecule has 0 spiro atoms. The summed E-state index contributed by atoms with van der Waals surface area (Å²) in [6, 6.07) is 2.24. The lowest BCUT2D eigenvalue weighted by molar-refractivity contribution is 0.560. The molecule has 0 aliphatic rings. The van der Waals surface area contributed by atoms with E-state index in [0.29, 0.717) is 6.54 Å². The van der Waals surface area contributed by atoms with Crippen LogP contribution in [0, 0.1) is 0 Å². The van der Waals surface area contributed by atoms with E-state index in [4.69, 9.17) is 5.73 Å². The van der Waals surface area contributed by atoms with Crippen molar-refractivity contribution in [2.75, 3.05) is 13.1 Å². The molecule has 13 heavy (non-hydrogen) atoms. The first-order valence-corrected chi connectivity index (χ1v) is 5.11. The van der Waals surface area contributed by atoms with Crippen molar-refractivity contribution in [2.24, 2.45) is 5.73 Å². The van der Waals surface area contributed by atoms with Gasteiger partial charge in [-0.2, -0.15) is 0 Å². The van der Waals surface area contributed by atoms with Crippen LogP contribution in [0.25, 0.3) is 0 Å². The van der Waals surface area contributed by atoms with Crippen LogP contribution >= 0.6 is 15.9 Å². The molecular weight excluding hydrogens is 230 g/mol. The maximum atomic E-state index is 5.64.